The molecule has 1 aromatic heterocycles. The van der Waals surface area contributed by atoms with Gasteiger partial charge in [-0.2, -0.15) is 0 Å². The summed E-state index contributed by atoms with van der Waals surface area (Å²) >= 11 is 14.0. The summed E-state index contributed by atoms with van der Waals surface area (Å²) in [5.74, 6) is -1.16. The summed E-state index contributed by atoms with van der Waals surface area (Å²) in [5.41, 5.74) is 1.31. The van der Waals surface area contributed by atoms with Crippen LogP contribution < -0.4 is 5.32 Å². The Kier molecular flexibility index (Phi) is 8.82. The van der Waals surface area contributed by atoms with Gasteiger partial charge in [0.1, 0.15) is 0 Å². The Bertz CT molecular complexity index is 1060. The number of carboxylic acid groups (broad SMARTS) is 1. The van der Waals surface area contributed by atoms with Crippen molar-refractivity contribution in [3.63, 3.8) is 0 Å². The van der Waals surface area contributed by atoms with Crippen LogP contribution in [0, 0.1) is 5.92 Å². The highest BCUT2D eigenvalue weighted by molar-refractivity contribution is 7.98. The van der Waals surface area contributed by atoms with Crippen molar-refractivity contribution in [3.05, 3.63) is 45.7 Å². The van der Waals surface area contributed by atoms with E-state index in [0.29, 0.717) is 59.6 Å². The number of benzene rings is 1. The predicted molar refractivity (Wildman–Crippen MR) is 130 cm³/mol. The molecule has 0 radical (unpaired) electrons. The Hall–Kier alpha value is -2.49. The van der Waals surface area contributed by atoms with Crippen LogP contribution in [0.5, 0.6) is 0 Å². The van der Waals surface area contributed by atoms with Crippen molar-refractivity contribution in [2.75, 3.05) is 24.7 Å². The van der Waals surface area contributed by atoms with Gasteiger partial charge in [-0.15, -0.1) is 11.8 Å². The number of halogens is 2. The molecule has 0 spiro atoms. The smallest absolute Gasteiger partial charge is 0.303 e. The second-order valence-corrected chi connectivity index (χ2v) is 9.16. The first kappa shape index (κ1) is 25.1. The van der Waals surface area contributed by atoms with Crippen LogP contribution in [0.4, 0.5) is 5.95 Å². The molecule has 0 saturated carbocycles. The molecule has 1 aromatic carbocycles. The van der Waals surface area contributed by atoms with Crippen LogP contribution in [-0.2, 0) is 20.8 Å². The lowest BCUT2D eigenvalue weighted by atomic mass is 9.96. The van der Waals surface area contributed by atoms with E-state index in [2.05, 4.69) is 15.3 Å². The number of piperidine rings is 1. The maximum atomic E-state index is 12.6. The summed E-state index contributed by atoms with van der Waals surface area (Å²) in [6.07, 6.45) is 7.91. The molecule has 1 fully saturated rings. The van der Waals surface area contributed by atoms with Crippen molar-refractivity contribution >= 4 is 64.8 Å². The second kappa shape index (κ2) is 11.6. The topological polar surface area (TPSA) is 115 Å². The van der Waals surface area contributed by atoms with Crippen molar-refractivity contribution in [3.8, 4) is 0 Å². The lowest BCUT2D eigenvalue weighted by molar-refractivity contribution is -0.137. The van der Waals surface area contributed by atoms with Crippen LogP contribution in [0.1, 0.15) is 30.5 Å². The van der Waals surface area contributed by atoms with Crippen LogP contribution in [0.3, 0.4) is 0 Å². The molecule has 2 heterocycles. The Balaban J connectivity index is 1.49. The van der Waals surface area contributed by atoms with Gasteiger partial charge in [-0.05, 0) is 43.2 Å². The summed E-state index contributed by atoms with van der Waals surface area (Å²) in [5, 5.41) is 12.4. The van der Waals surface area contributed by atoms with E-state index in [1.807, 2.05) is 18.4 Å². The number of hydrogen-bond acceptors (Lipinski definition) is 5. The number of thioether (sulfide) groups is 1. The van der Waals surface area contributed by atoms with Crippen molar-refractivity contribution in [1.29, 1.82) is 0 Å². The fraction of sp³-hybridized carbons (Fsp3) is 0.364. The maximum absolute atomic E-state index is 12.6. The van der Waals surface area contributed by atoms with Crippen LogP contribution in [0.25, 0.3) is 6.08 Å². The fourth-order valence-corrected chi connectivity index (χ4v) is 4.64. The number of H-pyrrole nitrogens is 1. The first-order valence-electron chi connectivity index (χ1n) is 10.3. The molecule has 1 aliphatic rings. The summed E-state index contributed by atoms with van der Waals surface area (Å²) < 4.78 is 0. The van der Waals surface area contributed by atoms with Crippen molar-refractivity contribution in [2.24, 2.45) is 5.92 Å². The number of aromatic amines is 1. The minimum Gasteiger partial charge on any atom is -0.481 e. The van der Waals surface area contributed by atoms with Gasteiger partial charge in [0, 0.05) is 35.7 Å². The second-order valence-electron chi connectivity index (χ2n) is 7.56. The monoisotopic (exact) mass is 510 g/mol. The van der Waals surface area contributed by atoms with Gasteiger partial charge >= 0.3 is 5.97 Å². The molecular formula is C22H24Cl2N4O4S. The zero-order chi connectivity index (χ0) is 24.0. The van der Waals surface area contributed by atoms with Crippen molar-refractivity contribution in [2.45, 2.75) is 30.6 Å². The largest absolute Gasteiger partial charge is 0.481 e. The number of aryl methyl sites for hydroxylation is 1. The number of carbonyl (C=O) groups is 3. The van der Waals surface area contributed by atoms with Crippen LogP contribution in [-0.4, -0.2) is 57.1 Å². The van der Waals surface area contributed by atoms with E-state index in [1.165, 1.54) is 24.0 Å². The van der Waals surface area contributed by atoms with Crippen LogP contribution >= 0.6 is 35.0 Å². The minimum absolute atomic E-state index is 0.0150. The number of carboxylic acids is 1. The first-order valence-corrected chi connectivity index (χ1v) is 12.3. The zero-order valence-corrected chi connectivity index (χ0v) is 20.3. The molecule has 11 heteroatoms. The number of likely N-dealkylation sites (tertiary alicyclic amines) is 1. The third-order valence-corrected chi connectivity index (χ3v) is 7.15. The van der Waals surface area contributed by atoms with E-state index in [4.69, 9.17) is 28.3 Å². The molecule has 0 atom stereocenters. The van der Waals surface area contributed by atoms with Crippen LogP contribution in [0.15, 0.2) is 29.3 Å². The van der Waals surface area contributed by atoms with E-state index < -0.39 is 5.97 Å². The van der Waals surface area contributed by atoms with Gasteiger partial charge in [-0.1, -0.05) is 29.3 Å². The SMILES string of the molecule is CSc1ccc(/C=C/C(=O)N2CCC(C(=O)Nc3ncc(CCC(=O)O)[nH]3)CC2)c(Cl)c1Cl. The number of anilines is 1. The van der Waals surface area contributed by atoms with Crippen molar-refractivity contribution < 1.29 is 19.5 Å². The third-order valence-electron chi connectivity index (χ3n) is 5.36. The van der Waals surface area contributed by atoms with Gasteiger partial charge in [-0.25, -0.2) is 4.98 Å². The molecule has 33 heavy (non-hydrogen) atoms. The minimum atomic E-state index is -0.897. The number of amides is 2. The van der Waals surface area contributed by atoms with Gasteiger partial charge in [0.2, 0.25) is 17.8 Å². The number of imidazole rings is 1. The molecule has 0 unspecified atom stereocenters. The highest BCUT2D eigenvalue weighted by Gasteiger charge is 2.27. The first-order chi connectivity index (χ1) is 15.8. The highest BCUT2D eigenvalue weighted by Crippen LogP contribution is 2.35. The average Bonchev–Trinajstić information content (AvgIpc) is 3.25. The van der Waals surface area contributed by atoms with E-state index in [-0.39, 0.29) is 24.2 Å². The number of carbonyl (C=O) groups excluding carboxylic acids is 2. The van der Waals surface area contributed by atoms with Gasteiger partial charge in [-0.3, -0.25) is 19.7 Å². The number of aliphatic carboxylic acids is 1. The summed E-state index contributed by atoms with van der Waals surface area (Å²) in [6.45, 7) is 0.923. The predicted octanol–water partition coefficient (Wildman–Crippen LogP) is 4.35. The molecule has 3 N–H and O–H groups in total. The highest BCUT2D eigenvalue weighted by atomic mass is 35.5. The van der Waals surface area contributed by atoms with Gasteiger partial charge in [0.25, 0.3) is 0 Å². The molecule has 2 aromatic rings. The lowest BCUT2D eigenvalue weighted by Crippen LogP contribution is -2.40. The Morgan fingerprint density at radius 3 is 2.67 bits per heavy atom. The Morgan fingerprint density at radius 2 is 2.00 bits per heavy atom. The Labute approximate surface area is 205 Å². The van der Waals surface area contributed by atoms with Gasteiger partial charge in [0.15, 0.2) is 0 Å². The Morgan fingerprint density at radius 1 is 1.27 bits per heavy atom. The summed E-state index contributed by atoms with van der Waals surface area (Å²) in [4.78, 5) is 45.3. The molecule has 8 nitrogen and oxygen atoms in total. The van der Waals surface area contributed by atoms with Crippen molar-refractivity contribution in [1.82, 2.24) is 14.9 Å². The molecule has 1 aliphatic heterocycles. The number of rotatable bonds is 8. The fourth-order valence-electron chi connectivity index (χ4n) is 3.47. The number of nitrogens with one attached hydrogen (secondary N) is 2. The zero-order valence-electron chi connectivity index (χ0n) is 17.9. The standard InChI is InChI=1S/C22H24Cl2N4O4S/c1-33-16-5-2-13(19(23)20(16)24)3-6-17(29)28-10-8-14(9-11-28)21(32)27-22-25-12-15(26-22)4-7-18(30)31/h2-3,5-6,12,14H,4,7-11H2,1H3,(H,30,31)(H2,25,26,27,32)/b6-3+. The number of hydrogen-bond donors (Lipinski definition) is 3. The van der Waals surface area contributed by atoms with E-state index >= 15 is 0 Å². The maximum Gasteiger partial charge on any atom is 0.303 e. The molecule has 1 saturated heterocycles. The number of nitrogens with zero attached hydrogens (tertiary/aromatic N) is 2. The molecular weight excluding hydrogens is 487 g/mol. The molecule has 176 valence electrons. The van der Waals surface area contributed by atoms with E-state index in [1.54, 1.807) is 11.0 Å². The normalized spacial score (nSPS) is 14.6. The molecule has 0 bridgehead atoms. The molecule has 0 aliphatic carbocycles. The third kappa shape index (κ3) is 6.75. The quantitative estimate of drug-likeness (QED) is 0.359. The molecule has 2 amide bonds. The lowest BCUT2D eigenvalue weighted by Gasteiger charge is -2.30. The van der Waals surface area contributed by atoms with E-state index in [9.17, 15) is 14.4 Å². The van der Waals surface area contributed by atoms with Gasteiger partial charge < -0.3 is 15.0 Å². The van der Waals surface area contributed by atoms with Crippen LogP contribution in [0.2, 0.25) is 10.0 Å². The summed E-state index contributed by atoms with van der Waals surface area (Å²) in [7, 11) is 0. The van der Waals surface area contributed by atoms with E-state index in [0.717, 1.165) is 4.90 Å². The van der Waals surface area contributed by atoms with Gasteiger partial charge in [0.05, 0.1) is 22.7 Å². The number of aromatic nitrogens is 2. The summed E-state index contributed by atoms with van der Waals surface area (Å²) in [6, 6.07) is 3.68. The average molecular weight is 511 g/mol. The molecule has 3 rings (SSSR count).